The Labute approximate surface area is 166 Å². The Kier molecular flexibility index (Phi) is 4.68. The molecule has 1 amide bonds. The van der Waals surface area contributed by atoms with Gasteiger partial charge in [-0.15, -0.1) is 0 Å². The maximum absolute atomic E-state index is 13.2. The molecule has 0 fully saturated rings. The van der Waals surface area contributed by atoms with Crippen LogP contribution in [0, 0.1) is 0 Å². The van der Waals surface area contributed by atoms with Crippen LogP contribution in [0.15, 0.2) is 53.3 Å². The molecule has 1 aromatic heterocycles. The Balaban J connectivity index is 1.91. The van der Waals surface area contributed by atoms with Crippen LogP contribution in [0.5, 0.6) is 11.5 Å². The number of hydrogen-bond acceptors (Lipinski definition) is 5. The monoisotopic (exact) mass is 396 g/mol. The van der Waals surface area contributed by atoms with E-state index in [1.165, 1.54) is 11.3 Å². The summed E-state index contributed by atoms with van der Waals surface area (Å²) in [5.41, 5.74) is 1.64. The molecule has 1 atom stereocenters. The molecular weight excluding hydrogens is 376 g/mol. The summed E-state index contributed by atoms with van der Waals surface area (Å²) < 4.78 is 12.2. The summed E-state index contributed by atoms with van der Waals surface area (Å²) in [6.07, 6.45) is 0.288. The first-order chi connectivity index (χ1) is 13.5. The molecule has 6 nitrogen and oxygen atoms in total. The highest BCUT2D eigenvalue weighted by atomic mass is 32.1. The number of carbonyl (C=O) groups is 1. The molecule has 0 saturated carbocycles. The number of anilines is 2. The number of nitrogens with zero attached hydrogens (tertiary/aromatic N) is 2. The second kappa shape index (κ2) is 7.16. The van der Waals surface area contributed by atoms with Crippen molar-refractivity contribution in [3.05, 3.63) is 68.6 Å². The summed E-state index contributed by atoms with van der Waals surface area (Å²) in [6, 6.07) is 15.1. The highest BCUT2D eigenvalue weighted by Gasteiger charge is 2.37. The van der Waals surface area contributed by atoms with Gasteiger partial charge in [-0.2, -0.15) is 0 Å². The molecule has 1 aliphatic heterocycles. The standard InChI is InChI=1S/C21H20N2O4S/c1-22-20-19(28-21(22)25)17(13-7-5-4-6-8-13)12-18(24)23(20)14-9-15(26-2)11-16(10-14)27-3/h4-11,17H,12H2,1-3H3/t17-/m1/s1. The first-order valence-electron chi connectivity index (χ1n) is 8.84. The van der Waals surface area contributed by atoms with E-state index in [4.69, 9.17) is 9.47 Å². The van der Waals surface area contributed by atoms with Crippen LogP contribution in [0.4, 0.5) is 11.5 Å². The van der Waals surface area contributed by atoms with Crippen molar-refractivity contribution < 1.29 is 14.3 Å². The number of aromatic nitrogens is 1. The van der Waals surface area contributed by atoms with Gasteiger partial charge in [-0.3, -0.25) is 19.1 Å². The zero-order chi connectivity index (χ0) is 19.8. The van der Waals surface area contributed by atoms with E-state index < -0.39 is 0 Å². The first kappa shape index (κ1) is 18.3. The van der Waals surface area contributed by atoms with Crippen molar-refractivity contribution in [1.82, 2.24) is 4.57 Å². The number of methoxy groups -OCH3 is 2. The number of ether oxygens (including phenoxy) is 2. The highest BCUT2D eigenvalue weighted by molar-refractivity contribution is 7.10. The van der Waals surface area contributed by atoms with Crippen molar-refractivity contribution in [2.45, 2.75) is 12.3 Å². The van der Waals surface area contributed by atoms with Crippen LogP contribution in [0.25, 0.3) is 0 Å². The summed E-state index contributed by atoms with van der Waals surface area (Å²) in [5, 5.41) is 0. The third kappa shape index (κ3) is 2.97. The number of carbonyl (C=O) groups excluding carboxylic acids is 1. The molecule has 0 spiro atoms. The van der Waals surface area contributed by atoms with Crippen LogP contribution in [0.3, 0.4) is 0 Å². The number of amides is 1. The molecular formula is C21H20N2O4S. The molecule has 0 radical (unpaired) electrons. The predicted octanol–water partition coefficient (Wildman–Crippen LogP) is 3.66. The van der Waals surface area contributed by atoms with Gasteiger partial charge in [0.1, 0.15) is 17.3 Å². The Bertz CT molecular complexity index is 1070. The number of thiazole rings is 1. The van der Waals surface area contributed by atoms with Crippen LogP contribution in [-0.2, 0) is 11.8 Å². The predicted molar refractivity (Wildman–Crippen MR) is 109 cm³/mol. The van der Waals surface area contributed by atoms with Gasteiger partial charge in [0, 0.05) is 37.6 Å². The Hall–Kier alpha value is -3.06. The van der Waals surface area contributed by atoms with E-state index in [0.29, 0.717) is 23.0 Å². The van der Waals surface area contributed by atoms with E-state index in [0.717, 1.165) is 10.4 Å². The van der Waals surface area contributed by atoms with Gasteiger partial charge in [-0.25, -0.2) is 0 Å². The van der Waals surface area contributed by atoms with Gasteiger partial charge in [0.25, 0.3) is 0 Å². The van der Waals surface area contributed by atoms with Crippen molar-refractivity contribution in [2.24, 2.45) is 7.05 Å². The molecule has 144 valence electrons. The van der Waals surface area contributed by atoms with Gasteiger partial charge in [-0.05, 0) is 5.56 Å². The maximum atomic E-state index is 13.2. The average molecular weight is 396 g/mol. The van der Waals surface area contributed by atoms with Gasteiger partial charge >= 0.3 is 4.87 Å². The van der Waals surface area contributed by atoms with Crippen molar-refractivity contribution in [3.63, 3.8) is 0 Å². The highest BCUT2D eigenvalue weighted by Crippen LogP contribution is 2.45. The Morgan fingerprint density at radius 2 is 1.64 bits per heavy atom. The lowest BCUT2D eigenvalue weighted by Gasteiger charge is -2.32. The molecule has 0 bridgehead atoms. The molecule has 1 aliphatic rings. The summed E-state index contributed by atoms with van der Waals surface area (Å²) in [5.74, 6) is 1.55. The molecule has 4 rings (SSSR count). The van der Waals surface area contributed by atoms with E-state index in [9.17, 15) is 9.59 Å². The molecule has 0 unspecified atom stereocenters. The fraction of sp³-hybridized carbons (Fsp3) is 0.238. The second-order valence-electron chi connectivity index (χ2n) is 6.58. The minimum Gasteiger partial charge on any atom is -0.497 e. The smallest absolute Gasteiger partial charge is 0.308 e. The molecule has 2 aromatic carbocycles. The summed E-state index contributed by atoms with van der Waals surface area (Å²) in [4.78, 5) is 28.1. The quantitative estimate of drug-likeness (QED) is 0.675. The summed E-state index contributed by atoms with van der Waals surface area (Å²) in [6.45, 7) is 0. The lowest BCUT2D eigenvalue weighted by atomic mass is 9.90. The van der Waals surface area contributed by atoms with Gasteiger partial charge in [0.15, 0.2) is 0 Å². The van der Waals surface area contributed by atoms with Crippen molar-refractivity contribution in [2.75, 3.05) is 19.1 Å². The summed E-state index contributed by atoms with van der Waals surface area (Å²) in [7, 11) is 4.82. The van der Waals surface area contributed by atoms with E-state index in [2.05, 4.69) is 0 Å². The average Bonchev–Trinajstić information content (AvgIpc) is 3.02. The zero-order valence-electron chi connectivity index (χ0n) is 15.8. The third-order valence-electron chi connectivity index (χ3n) is 4.96. The van der Waals surface area contributed by atoms with E-state index in [1.807, 2.05) is 30.3 Å². The topological polar surface area (TPSA) is 60.8 Å². The lowest BCUT2D eigenvalue weighted by molar-refractivity contribution is -0.118. The van der Waals surface area contributed by atoms with Crippen LogP contribution in [0.1, 0.15) is 22.8 Å². The molecule has 28 heavy (non-hydrogen) atoms. The summed E-state index contributed by atoms with van der Waals surface area (Å²) >= 11 is 1.19. The molecule has 0 aliphatic carbocycles. The van der Waals surface area contributed by atoms with Crippen LogP contribution in [-0.4, -0.2) is 24.7 Å². The van der Waals surface area contributed by atoms with Gasteiger partial charge in [-0.1, -0.05) is 41.7 Å². The third-order valence-corrected chi connectivity index (χ3v) is 6.10. The number of benzene rings is 2. The van der Waals surface area contributed by atoms with Crippen LogP contribution < -0.4 is 19.2 Å². The number of rotatable bonds is 4. The van der Waals surface area contributed by atoms with E-state index >= 15 is 0 Å². The fourth-order valence-electron chi connectivity index (χ4n) is 3.57. The van der Waals surface area contributed by atoms with E-state index in [1.54, 1.807) is 48.9 Å². The number of hydrogen-bond donors (Lipinski definition) is 0. The van der Waals surface area contributed by atoms with Crippen molar-refractivity contribution in [3.8, 4) is 11.5 Å². The zero-order valence-corrected chi connectivity index (χ0v) is 16.7. The van der Waals surface area contributed by atoms with Gasteiger partial charge in [0.05, 0.1) is 24.8 Å². The Morgan fingerprint density at radius 3 is 2.25 bits per heavy atom. The second-order valence-corrected chi connectivity index (χ2v) is 7.58. The number of fused-ring (bicyclic) bond motifs is 1. The first-order valence-corrected chi connectivity index (χ1v) is 9.65. The fourth-order valence-corrected chi connectivity index (χ4v) is 4.66. The normalized spacial score (nSPS) is 16.0. The maximum Gasteiger partial charge on any atom is 0.308 e. The van der Waals surface area contributed by atoms with E-state index in [-0.39, 0.29) is 23.1 Å². The molecule has 0 N–H and O–H groups in total. The van der Waals surface area contributed by atoms with Crippen LogP contribution >= 0.6 is 11.3 Å². The largest absolute Gasteiger partial charge is 0.497 e. The van der Waals surface area contributed by atoms with Crippen molar-refractivity contribution in [1.29, 1.82) is 0 Å². The molecule has 2 heterocycles. The minimum atomic E-state index is -0.133. The SMILES string of the molecule is COc1cc(OC)cc(N2C(=O)C[C@H](c3ccccc3)c3sc(=O)n(C)c32)c1. The molecule has 0 saturated heterocycles. The van der Waals surface area contributed by atoms with Gasteiger partial charge < -0.3 is 9.47 Å². The molecule has 3 aromatic rings. The van der Waals surface area contributed by atoms with Crippen molar-refractivity contribution >= 4 is 28.7 Å². The molecule has 7 heteroatoms. The van der Waals surface area contributed by atoms with Crippen LogP contribution in [0.2, 0.25) is 0 Å². The Morgan fingerprint density at radius 1 is 1.00 bits per heavy atom. The lowest BCUT2D eigenvalue weighted by Crippen LogP contribution is -2.34. The minimum absolute atomic E-state index is 0.0786. The van der Waals surface area contributed by atoms with Gasteiger partial charge in [0.2, 0.25) is 5.91 Å².